The molecule has 2 unspecified atom stereocenters. The molecule has 0 aliphatic carbocycles. The van der Waals surface area contributed by atoms with Crippen LogP contribution in [-0.2, 0) is 11.2 Å². The molecule has 106 valence electrons. The number of hydrogen-bond acceptors (Lipinski definition) is 3. The van der Waals surface area contributed by atoms with Crippen LogP contribution in [0.25, 0.3) is 0 Å². The summed E-state index contributed by atoms with van der Waals surface area (Å²) in [5, 5.41) is 3.39. The first-order chi connectivity index (χ1) is 9.05. The van der Waals surface area contributed by atoms with Gasteiger partial charge in [-0.15, -0.1) is 0 Å². The van der Waals surface area contributed by atoms with Gasteiger partial charge in [0, 0.05) is 19.6 Å². The van der Waals surface area contributed by atoms with Crippen LogP contribution in [0.15, 0.2) is 24.3 Å². The lowest BCUT2D eigenvalue weighted by molar-refractivity contribution is 0.00867. The van der Waals surface area contributed by atoms with Crippen molar-refractivity contribution in [3.8, 4) is 5.75 Å². The van der Waals surface area contributed by atoms with E-state index in [0.717, 1.165) is 25.0 Å². The van der Waals surface area contributed by atoms with Crippen LogP contribution < -0.4 is 10.1 Å². The first-order valence-corrected chi connectivity index (χ1v) is 7.03. The van der Waals surface area contributed by atoms with Crippen LogP contribution in [0.1, 0.15) is 32.3 Å². The zero-order valence-corrected chi connectivity index (χ0v) is 12.4. The van der Waals surface area contributed by atoms with Gasteiger partial charge >= 0.3 is 0 Å². The van der Waals surface area contributed by atoms with Gasteiger partial charge in [-0.2, -0.15) is 0 Å². The number of methoxy groups -OCH3 is 1. The first-order valence-electron chi connectivity index (χ1n) is 7.03. The maximum absolute atomic E-state index is 6.06. The summed E-state index contributed by atoms with van der Waals surface area (Å²) in [4.78, 5) is 0. The maximum Gasteiger partial charge on any atom is 0.123 e. The third-order valence-corrected chi connectivity index (χ3v) is 4.10. The molecule has 19 heavy (non-hydrogen) atoms. The number of hydrogen-bond donors (Lipinski definition) is 1. The largest absolute Gasteiger partial charge is 0.488 e. The van der Waals surface area contributed by atoms with Crippen LogP contribution in [0.4, 0.5) is 0 Å². The summed E-state index contributed by atoms with van der Waals surface area (Å²) in [6, 6.07) is 8.68. The second kappa shape index (κ2) is 5.93. The Morgan fingerprint density at radius 1 is 1.42 bits per heavy atom. The molecule has 3 heteroatoms. The van der Waals surface area contributed by atoms with Crippen molar-refractivity contribution in [3.63, 3.8) is 0 Å². The molecule has 0 saturated carbocycles. The summed E-state index contributed by atoms with van der Waals surface area (Å²) in [6.07, 6.45) is 3.30. The van der Waals surface area contributed by atoms with Crippen molar-refractivity contribution in [2.45, 2.75) is 50.9 Å². The van der Waals surface area contributed by atoms with Crippen molar-refractivity contribution in [1.82, 2.24) is 5.32 Å². The molecular weight excluding hydrogens is 238 g/mol. The predicted octanol–water partition coefficient (Wildman–Crippen LogP) is 2.78. The van der Waals surface area contributed by atoms with Crippen LogP contribution in [0.2, 0.25) is 0 Å². The summed E-state index contributed by atoms with van der Waals surface area (Å²) >= 11 is 0. The molecule has 1 N–H and O–H groups in total. The zero-order valence-electron chi connectivity index (χ0n) is 12.4. The fraction of sp³-hybridized carbons (Fsp3) is 0.625. The molecule has 0 aromatic heterocycles. The lowest BCUT2D eigenvalue weighted by atomic mass is 9.94. The van der Waals surface area contributed by atoms with Gasteiger partial charge in [0.05, 0.1) is 5.60 Å². The third kappa shape index (κ3) is 3.48. The Labute approximate surface area is 116 Å². The standard InChI is InChI=1S/C16H25NO2/c1-16(2,18-4)10-9-13(17-3)15-11-12-7-5-6-8-14(12)19-15/h5-8,13,15,17H,9-11H2,1-4H3. The van der Waals surface area contributed by atoms with E-state index in [1.807, 2.05) is 13.1 Å². The highest BCUT2D eigenvalue weighted by molar-refractivity contribution is 5.37. The van der Waals surface area contributed by atoms with Crippen LogP contribution in [0, 0.1) is 0 Å². The molecule has 0 spiro atoms. The molecule has 2 atom stereocenters. The number of benzene rings is 1. The molecule has 3 nitrogen and oxygen atoms in total. The van der Waals surface area contributed by atoms with Crippen molar-refractivity contribution in [1.29, 1.82) is 0 Å². The summed E-state index contributed by atoms with van der Waals surface area (Å²) < 4.78 is 11.5. The third-order valence-electron chi connectivity index (χ3n) is 4.10. The Morgan fingerprint density at radius 3 is 2.79 bits per heavy atom. The summed E-state index contributed by atoms with van der Waals surface area (Å²) in [5.41, 5.74) is 1.25. The van der Waals surface area contributed by atoms with Crippen molar-refractivity contribution >= 4 is 0 Å². The number of likely N-dealkylation sites (N-methyl/N-ethyl adjacent to an activating group) is 1. The number of fused-ring (bicyclic) bond motifs is 1. The molecular formula is C16H25NO2. The quantitative estimate of drug-likeness (QED) is 0.856. The topological polar surface area (TPSA) is 30.5 Å². The molecule has 0 radical (unpaired) electrons. The van der Waals surface area contributed by atoms with Gasteiger partial charge in [-0.1, -0.05) is 18.2 Å². The molecule has 0 bridgehead atoms. The van der Waals surface area contributed by atoms with Crippen molar-refractivity contribution in [3.05, 3.63) is 29.8 Å². The Morgan fingerprint density at radius 2 is 2.16 bits per heavy atom. The highest BCUT2D eigenvalue weighted by Crippen LogP contribution is 2.31. The fourth-order valence-electron chi connectivity index (χ4n) is 2.55. The summed E-state index contributed by atoms with van der Waals surface area (Å²) in [5.74, 6) is 1.04. The van der Waals surface area contributed by atoms with E-state index in [9.17, 15) is 0 Å². The zero-order chi connectivity index (χ0) is 13.9. The van der Waals surface area contributed by atoms with Gasteiger partial charge in [-0.05, 0) is 45.4 Å². The van der Waals surface area contributed by atoms with E-state index in [-0.39, 0.29) is 11.7 Å². The van der Waals surface area contributed by atoms with Gasteiger partial charge in [0.2, 0.25) is 0 Å². The van der Waals surface area contributed by atoms with Gasteiger partial charge in [0.15, 0.2) is 0 Å². The molecule has 1 aromatic rings. The lowest BCUT2D eigenvalue weighted by Gasteiger charge is -2.28. The van der Waals surface area contributed by atoms with Crippen LogP contribution in [-0.4, -0.2) is 31.9 Å². The Hall–Kier alpha value is -1.06. The smallest absolute Gasteiger partial charge is 0.123 e. The SMILES string of the molecule is CNC(CCC(C)(C)OC)C1Cc2ccccc2O1. The average molecular weight is 263 g/mol. The molecule has 2 rings (SSSR count). The van der Waals surface area contributed by atoms with Gasteiger partial charge in [0.1, 0.15) is 11.9 Å². The van der Waals surface area contributed by atoms with E-state index in [1.54, 1.807) is 7.11 Å². The van der Waals surface area contributed by atoms with Gasteiger partial charge < -0.3 is 14.8 Å². The average Bonchev–Trinajstić information content (AvgIpc) is 2.83. The number of para-hydroxylation sites is 1. The van der Waals surface area contributed by atoms with Crippen molar-refractivity contribution < 1.29 is 9.47 Å². The van der Waals surface area contributed by atoms with Crippen LogP contribution in [0.5, 0.6) is 5.75 Å². The van der Waals surface area contributed by atoms with Crippen LogP contribution >= 0.6 is 0 Å². The van der Waals surface area contributed by atoms with Gasteiger partial charge in [0.25, 0.3) is 0 Å². The Kier molecular flexibility index (Phi) is 4.48. The monoisotopic (exact) mass is 263 g/mol. The van der Waals surface area contributed by atoms with E-state index in [0.29, 0.717) is 6.04 Å². The summed E-state index contributed by atoms with van der Waals surface area (Å²) in [6.45, 7) is 4.26. The van der Waals surface area contributed by atoms with E-state index in [1.165, 1.54) is 5.56 Å². The van der Waals surface area contributed by atoms with Crippen LogP contribution in [0.3, 0.4) is 0 Å². The highest BCUT2D eigenvalue weighted by Gasteiger charge is 2.30. The molecule has 1 aromatic carbocycles. The minimum Gasteiger partial charge on any atom is -0.488 e. The van der Waals surface area contributed by atoms with E-state index in [4.69, 9.17) is 9.47 Å². The molecule has 1 heterocycles. The molecule has 1 aliphatic heterocycles. The number of nitrogens with one attached hydrogen (secondary N) is 1. The molecule has 0 amide bonds. The van der Waals surface area contributed by atoms with Crippen molar-refractivity contribution in [2.24, 2.45) is 0 Å². The second-order valence-electron chi connectivity index (χ2n) is 5.87. The Bertz CT molecular complexity index is 392. The van der Waals surface area contributed by atoms with Gasteiger partial charge in [-0.3, -0.25) is 0 Å². The van der Waals surface area contributed by atoms with Crippen molar-refractivity contribution in [2.75, 3.05) is 14.2 Å². The normalized spacial score (nSPS) is 19.9. The minimum absolute atomic E-state index is 0.0689. The Balaban J connectivity index is 1.94. The summed E-state index contributed by atoms with van der Waals surface area (Å²) in [7, 11) is 3.78. The number of rotatable bonds is 6. The van der Waals surface area contributed by atoms with Gasteiger partial charge in [-0.25, -0.2) is 0 Å². The predicted molar refractivity (Wildman–Crippen MR) is 77.7 cm³/mol. The van der Waals surface area contributed by atoms with E-state index < -0.39 is 0 Å². The second-order valence-corrected chi connectivity index (χ2v) is 5.87. The molecule has 0 fully saturated rings. The maximum atomic E-state index is 6.06. The fourth-order valence-corrected chi connectivity index (χ4v) is 2.55. The molecule has 0 saturated heterocycles. The first kappa shape index (κ1) is 14.4. The minimum atomic E-state index is -0.0689. The molecule has 1 aliphatic rings. The highest BCUT2D eigenvalue weighted by atomic mass is 16.5. The van der Waals surface area contributed by atoms with E-state index >= 15 is 0 Å². The number of ether oxygens (including phenoxy) is 2. The van der Waals surface area contributed by atoms with E-state index in [2.05, 4.69) is 37.4 Å². The lowest BCUT2D eigenvalue weighted by Crippen LogP contribution is -2.42.